The topological polar surface area (TPSA) is 9.23 Å². The minimum absolute atomic E-state index is 0.0929. The molecule has 0 rings (SSSR count). The lowest BCUT2D eigenvalue weighted by Crippen LogP contribution is -2.24. The Morgan fingerprint density at radius 3 is 1.68 bits per heavy atom. The molecule has 0 aromatic heterocycles. The van der Waals surface area contributed by atoms with Crippen molar-refractivity contribution in [2.24, 2.45) is 0 Å². The molecule has 0 aliphatic heterocycles. The van der Waals surface area contributed by atoms with E-state index in [0.29, 0.717) is 0 Å². The Balaban J connectivity index is 3.35. The maximum Gasteiger partial charge on any atom is 0.0626 e. The van der Waals surface area contributed by atoms with Gasteiger partial charge in [-0.3, -0.25) is 0 Å². The highest BCUT2D eigenvalue weighted by Crippen LogP contribution is 2.20. The van der Waals surface area contributed by atoms with Crippen LogP contribution in [-0.2, 0) is 4.74 Å². The number of hydrogen-bond acceptors (Lipinski definition) is 1. The van der Waals surface area contributed by atoms with Crippen LogP contribution in [0.5, 0.6) is 0 Å². The normalized spacial score (nSPS) is 12.0. The molecule has 116 valence electrons. The molecule has 0 atom stereocenters. The van der Waals surface area contributed by atoms with Gasteiger partial charge < -0.3 is 4.74 Å². The van der Waals surface area contributed by atoms with Gasteiger partial charge in [0.2, 0.25) is 0 Å². The molecule has 0 saturated heterocycles. The highest BCUT2D eigenvalue weighted by Gasteiger charge is 2.17. The molecule has 0 N–H and O–H groups in total. The summed E-state index contributed by atoms with van der Waals surface area (Å²) in [5.41, 5.74) is 0.0929. The van der Waals surface area contributed by atoms with Crippen LogP contribution in [0.3, 0.4) is 0 Å². The summed E-state index contributed by atoms with van der Waals surface area (Å²) in [7, 11) is 0. The minimum atomic E-state index is 0.0929. The van der Waals surface area contributed by atoms with Crippen molar-refractivity contribution in [1.82, 2.24) is 0 Å². The summed E-state index contributed by atoms with van der Waals surface area (Å²) in [6.07, 6.45) is 16.1. The fourth-order valence-corrected chi connectivity index (χ4v) is 2.46. The average molecular weight is 271 g/mol. The molecule has 0 aliphatic carbocycles. The summed E-state index contributed by atoms with van der Waals surface area (Å²) < 4.78 is 6.04. The van der Waals surface area contributed by atoms with Gasteiger partial charge in [0, 0.05) is 6.61 Å². The largest absolute Gasteiger partial charge is 0.376 e. The smallest absolute Gasteiger partial charge is 0.0626 e. The molecular formula is C18H38O. The molecule has 0 heterocycles. The Labute approximate surface area is 122 Å². The lowest BCUT2D eigenvalue weighted by Gasteiger charge is -2.25. The van der Waals surface area contributed by atoms with Crippen LogP contribution >= 0.6 is 0 Å². The van der Waals surface area contributed by atoms with Gasteiger partial charge in [-0.05, 0) is 26.7 Å². The quantitative estimate of drug-likeness (QED) is 0.327. The summed E-state index contributed by atoms with van der Waals surface area (Å²) in [5.74, 6) is 0. The van der Waals surface area contributed by atoms with E-state index in [2.05, 4.69) is 27.7 Å². The molecule has 0 spiro atoms. The molecule has 0 radical (unpaired) electrons. The van der Waals surface area contributed by atoms with Crippen molar-refractivity contribution in [2.45, 2.75) is 110 Å². The molecule has 0 fully saturated rings. The van der Waals surface area contributed by atoms with Crippen LogP contribution in [-0.4, -0.2) is 12.2 Å². The van der Waals surface area contributed by atoms with E-state index in [9.17, 15) is 0 Å². The van der Waals surface area contributed by atoms with Gasteiger partial charge in [0.15, 0.2) is 0 Å². The molecule has 0 saturated carbocycles. The summed E-state index contributed by atoms with van der Waals surface area (Å²) in [6, 6.07) is 0. The first-order valence-corrected chi connectivity index (χ1v) is 8.76. The Hall–Kier alpha value is -0.0400. The van der Waals surface area contributed by atoms with Crippen molar-refractivity contribution >= 4 is 0 Å². The van der Waals surface area contributed by atoms with Crippen LogP contribution in [0, 0.1) is 0 Å². The number of ether oxygens (including phenoxy) is 1. The van der Waals surface area contributed by atoms with Crippen molar-refractivity contribution in [2.75, 3.05) is 6.61 Å². The van der Waals surface area contributed by atoms with Crippen LogP contribution in [0.25, 0.3) is 0 Å². The van der Waals surface area contributed by atoms with E-state index in [-0.39, 0.29) is 5.60 Å². The lowest BCUT2D eigenvalue weighted by atomic mass is 9.99. The Morgan fingerprint density at radius 2 is 1.11 bits per heavy atom. The Bertz CT molecular complexity index is 175. The van der Waals surface area contributed by atoms with E-state index in [0.717, 1.165) is 6.61 Å². The third-order valence-corrected chi connectivity index (χ3v) is 3.87. The van der Waals surface area contributed by atoms with E-state index in [1.807, 2.05) is 0 Å². The van der Waals surface area contributed by atoms with Crippen LogP contribution in [0.1, 0.15) is 105 Å². The second-order valence-electron chi connectivity index (χ2n) is 6.54. The van der Waals surface area contributed by atoms with Crippen molar-refractivity contribution < 1.29 is 4.74 Å². The first-order chi connectivity index (χ1) is 9.12. The molecule has 0 amide bonds. The zero-order chi connectivity index (χ0) is 14.4. The second kappa shape index (κ2) is 13.0. The Morgan fingerprint density at radius 1 is 0.632 bits per heavy atom. The fraction of sp³-hybridized carbons (Fsp3) is 1.00. The first kappa shape index (κ1) is 19.0. The third kappa shape index (κ3) is 14.2. The van der Waals surface area contributed by atoms with Crippen LogP contribution in [0.15, 0.2) is 0 Å². The average Bonchev–Trinajstić information content (AvgIpc) is 2.37. The predicted molar refractivity (Wildman–Crippen MR) is 86.8 cm³/mol. The monoisotopic (exact) mass is 270 g/mol. The zero-order valence-electron chi connectivity index (χ0n) is 14.1. The highest BCUT2D eigenvalue weighted by atomic mass is 16.5. The molecule has 1 heteroatoms. The molecule has 0 aromatic carbocycles. The molecule has 0 aromatic rings. The molecule has 0 unspecified atom stereocenters. The van der Waals surface area contributed by atoms with Crippen LogP contribution in [0.4, 0.5) is 0 Å². The molecular weight excluding hydrogens is 232 g/mol. The molecule has 1 nitrogen and oxygen atoms in total. The summed E-state index contributed by atoms with van der Waals surface area (Å²) in [6.45, 7) is 10.0. The first-order valence-electron chi connectivity index (χ1n) is 8.76. The Kier molecular flexibility index (Phi) is 12.9. The third-order valence-electron chi connectivity index (χ3n) is 3.87. The lowest BCUT2D eigenvalue weighted by molar-refractivity contribution is -0.0266. The number of unbranched alkanes of at least 4 members (excludes halogenated alkanes) is 9. The van der Waals surface area contributed by atoms with Gasteiger partial charge in [0.05, 0.1) is 5.60 Å². The van der Waals surface area contributed by atoms with Crippen molar-refractivity contribution in [1.29, 1.82) is 0 Å². The van der Waals surface area contributed by atoms with Gasteiger partial charge in [-0.1, -0.05) is 78.1 Å². The van der Waals surface area contributed by atoms with Gasteiger partial charge in [-0.25, -0.2) is 0 Å². The predicted octanol–water partition coefficient (Wildman–Crippen LogP) is 6.50. The van der Waals surface area contributed by atoms with Crippen LogP contribution < -0.4 is 0 Å². The molecule has 0 aliphatic rings. The summed E-state index contributed by atoms with van der Waals surface area (Å²) in [5, 5.41) is 0. The van der Waals surface area contributed by atoms with E-state index in [1.165, 1.54) is 77.0 Å². The minimum Gasteiger partial charge on any atom is -0.376 e. The number of rotatable bonds is 14. The standard InChI is InChI=1S/C18H38O/c1-5-7-9-11-13-15-17-19-18(3,4)16-14-12-10-8-6-2/h5-17H2,1-4H3. The van der Waals surface area contributed by atoms with Gasteiger partial charge >= 0.3 is 0 Å². The fourth-order valence-electron chi connectivity index (χ4n) is 2.46. The molecule has 19 heavy (non-hydrogen) atoms. The van der Waals surface area contributed by atoms with Crippen LogP contribution in [0.2, 0.25) is 0 Å². The van der Waals surface area contributed by atoms with Crippen molar-refractivity contribution in [3.05, 3.63) is 0 Å². The summed E-state index contributed by atoms with van der Waals surface area (Å²) >= 11 is 0. The van der Waals surface area contributed by atoms with E-state index >= 15 is 0 Å². The van der Waals surface area contributed by atoms with E-state index in [1.54, 1.807) is 0 Å². The number of hydrogen-bond donors (Lipinski definition) is 0. The molecule has 0 bridgehead atoms. The highest BCUT2D eigenvalue weighted by molar-refractivity contribution is 4.68. The second-order valence-corrected chi connectivity index (χ2v) is 6.54. The maximum absolute atomic E-state index is 6.04. The SMILES string of the molecule is CCCCCCCCOC(C)(C)CCCCCCC. The van der Waals surface area contributed by atoms with Crippen molar-refractivity contribution in [3.63, 3.8) is 0 Å². The van der Waals surface area contributed by atoms with Crippen molar-refractivity contribution in [3.8, 4) is 0 Å². The van der Waals surface area contributed by atoms with Gasteiger partial charge in [-0.15, -0.1) is 0 Å². The van der Waals surface area contributed by atoms with Gasteiger partial charge in [0.25, 0.3) is 0 Å². The van der Waals surface area contributed by atoms with E-state index in [4.69, 9.17) is 4.74 Å². The van der Waals surface area contributed by atoms with Gasteiger partial charge in [0.1, 0.15) is 0 Å². The summed E-state index contributed by atoms with van der Waals surface area (Å²) in [4.78, 5) is 0. The zero-order valence-corrected chi connectivity index (χ0v) is 14.1. The van der Waals surface area contributed by atoms with Gasteiger partial charge in [-0.2, -0.15) is 0 Å². The van der Waals surface area contributed by atoms with E-state index < -0.39 is 0 Å². The maximum atomic E-state index is 6.04.